The number of anilines is 1. The minimum atomic E-state index is -4.75. The SMILES string of the molecule is O=C(NCc1cnc(-c2noc(C(F)(F)F)n2)nc1)OCc1ccc(N2CCCCC2)nc1. The second-order valence-electron chi connectivity index (χ2n) is 7.34. The molecule has 0 saturated carbocycles. The first-order valence-corrected chi connectivity index (χ1v) is 10.2. The van der Waals surface area contributed by atoms with Gasteiger partial charge in [-0.15, -0.1) is 0 Å². The fourth-order valence-corrected chi connectivity index (χ4v) is 3.18. The van der Waals surface area contributed by atoms with Gasteiger partial charge in [0.05, 0.1) is 0 Å². The Morgan fingerprint density at radius 3 is 2.39 bits per heavy atom. The highest BCUT2D eigenvalue weighted by atomic mass is 19.4. The molecular weight excluding hydrogens is 443 g/mol. The Labute approximate surface area is 186 Å². The van der Waals surface area contributed by atoms with Gasteiger partial charge in [-0.3, -0.25) is 0 Å². The highest BCUT2D eigenvalue weighted by Gasteiger charge is 2.38. The van der Waals surface area contributed by atoms with E-state index in [1.54, 1.807) is 6.20 Å². The van der Waals surface area contributed by atoms with Gasteiger partial charge >= 0.3 is 18.2 Å². The molecule has 1 aliphatic rings. The summed E-state index contributed by atoms with van der Waals surface area (Å²) in [5, 5.41) is 5.76. The number of hydrogen-bond acceptors (Lipinski definition) is 9. The maximum absolute atomic E-state index is 12.5. The molecule has 3 aromatic rings. The second kappa shape index (κ2) is 9.79. The van der Waals surface area contributed by atoms with Crippen molar-refractivity contribution < 1.29 is 27.2 Å². The highest BCUT2D eigenvalue weighted by molar-refractivity contribution is 5.67. The predicted octanol–water partition coefficient (Wildman–Crippen LogP) is 3.36. The number of alkyl halides is 3. The minimum Gasteiger partial charge on any atom is -0.445 e. The summed E-state index contributed by atoms with van der Waals surface area (Å²) in [6, 6.07) is 3.79. The number of carbonyl (C=O) groups excluding carboxylic acids is 1. The summed E-state index contributed by atoms with van der Waals surface area (Å²) in [7, 11) is 0. The number of carbonyl (C=O) groups is 1. The third kappa shape index (κ3) is 5.93. The number of nitrogens with zero attached hydrogens (tertiary/aromatic N) is 6. The van der Waals surface area contributed by atoms with Crippen LogP contribution in [0.1, 0.15) is 36.3 Å². The van der Waals surface area contributed by atoms with Gasteiger partial charge in [0.15, 0.2) is 0 Å². The zero-order valence-corrected chi connectivity index (χ0v) is 17.4. The van der Waals surface area contributed by atoms with Crippen molar-refractivity contribution in [3.8, 4) is 11.6 Å². The first kappa shape index (κ1) is 22.4. The van der Waals surface area contributed by atoms with Crippen molar-refractivity contribution >= 4 is 11.9 Å². The van der Waals surface area contributed by atoms with Crippen LogP contribution in [-0.2, 0) is 24.1 Å². The first-order chi connectivity index (χ1) is 15.9. The number of alkyl carbamates (subject to hydrolysis) is 1. The standard InChI is InChI=1S/C20H20F3N7O3/c21-20(22,23)18-28-17(29-33-18)16-25-9-14(10-26-16)11-27-19(31)32-12-13-4-5-15(24-8-13)30-6-2-1-3-7-30/h4-5,8-10H,1-3,6-7,11-12H2,(H,27,31). The number of piperidine rings is 1. The molecule has 4 rings (SSSR count). The monoisotopic (exact) mass is 463 g/mol. The van der Waals surface area contributed by atoms with Crippen LogP contribution in [0.15, 0.2) is 35.2 Å². The summed E-state index contributed by atoms with van der Waals surface area (Å²) < 4.78 is 46.9. The summed E-state index contributed by atoms with van der Waals surface area (Å²) in [6.07, 6.45) is 2.52. The molecule has 1 amide bonds. The second-order valence-corrected chi connectivity index (χ2v) is 7.34. The lowest BCUT2D eigenvalue weighted by Gasteiger charge is -2.27. The predicted molar refractivity (Wildman–Crippen MR) is 108 cm³/mol. The Morgan fingerprint density at radius 1 is 1.03 bits per heavy atom. The van der Waals surface area contributed by atoms with Gasteiger partial charge in [0, 0.05) is 49.4 Å². The molecule has 10 nitrogen and oxygen atoms in total. The molecule has 174 valence electrons. The van der Waals surface area contributed by atoms with Crippen LogP contribution in [0.3, 0.4) is 0 Å². The number of pyridine rings is 1. The molecule has 33 heavy (non-hydrogen) atoms. The maximum atomic E-state index is 12.5. The Balaban J connectivity index is 1.23. The molecule has 1 N–H and O–H groups in total. The van der Waals surface area contributed by atoms with E-state index in [9.17, 15) is 18.0 Å². The zero-order valence-electron chi connectivity index (χ0n) is 17.4. The lowest BCUT2D eigenvalue weighted by Crippen LogP contribution is -2.30. The molecule has 0 aliphatic carbocycles. The average Bonchev–Trinajstić information content (AvgIpc) is 3.34. The Kier molecular flexibility index (Phi) is 6.66. The summed E-state index contributed by atoms with van der Waals surface area (Å²) in [6.45, 7) is 2.12. The van der Waals surface area contributed by atoms with Crippen LogP contribution < -0.4 is 10.2 Å². The number of aromatic nitrogens is 5. The van der Waals surface area contributed by atoms with Gasteiger partial charge < -0.3 is 19.5 Å². The van der Waals surface area contributed by atoms with E-state index in [2.05, 4.69) is 39.8 Å². The van der Waals surface area contributed by atoms with E-state index in [1.165, 1.54) is 18.8 Å². The smallest absolute Gasteiger partial charge is 0.445 e. The van der Waals surface area contributed by atoms with E-state index >= 15 is 0 Å². The molecule has 0 atom stereocenters. The van der Waals surface area contributed by atoms with Crippen LogP contribution in [0.25, 0.3) is 11.6 Å². The van der Waals surface area contributed by atoms with Gasteiger partial charge in [0.1, 0.15) is 12.4 Å². The van der Waals surface area contributed by atoms with Crippen molar-refractivity contribution in [1.82, 2.24) is 30.4 Å². The molecule has 0 unspecified atom stereocenters. The molecule has 13 heteroatoms. The Bertz CT molecular complexity index is 1070. The number of hydrogen-bond donors (Lipinski definition) is 1. The first-order valence-electron chi connectivity index (χ1n) is 10.2. The van der Waals surface area contributed by atoms with E-state index in [0.717, 1.165) is 37.3 Å². The van der Waals surface area contributed by atoms with Crippen molar-refractivity contribution in [2.75, 3.05) is 18.0 Å². The van der Waals surface area contributed by atoms with E-state index < -0.39 is 18.2 Å². The van der Waals surface area contributed by atoms with Crippen LogP contribution in [-0.4, -0.2) is 44.3 Å². The Morgan fingerprint density at radius 2 is 1.76 bits per heavy atom. The minimum absolute atomic E-state index is 0.0608. The van der Waals surface area contributed by atoms with Crippen molar-refractivity contribution in [2.45, 2.75) is 38.6 Å². The lowest BCUT2D eigenvalue weighted by molar-refractivity contribution is -0.159. The average molecular weight is 463 g/mol. The maximum Gasteiger partial charge on any atom is 0.471 e. The van der Waals surface area contributed by atoms with Gasteiger partial charge in [-0.2, -0.15) is 18.2 Å². The van der Waals surface area contributed by atoms with Gasteiger partial charge in [-0.1, -0.05) is 11.2 Å². The Hall–Kier alpha value is -3.77. The van der Waals surface area contributed by atoms with Gasteiger partial charge in [-0.25, -0.2) is 19.7 Å². The molecule has 0 aromatic carbocycles. The van der Waals surface area contributed by atoms with Crippen molar-refractivity contribution in [3.05, 3.63) is 47.7 Å². The molecule has 1 saturated heterocycles. The van der Waals surface area contributed by atoms with Crippen molar-refractivity contribution in [2.24, 2.45) is 0 Å². The van der Waals surface area contributed by atoms with E-state index in [1.807, 2.05) is 12.1 Å². The molecular formula is C20H20F3N7O3. The van der Waals surface area contributed by atoms with Crippen LogP contribution in [0, 0.1) is 0 Å². The van der Waals surface area contributed by atoms with Crippen LogP contribution in [0.4, 0.5) is 23.8 Å². The lowest BCUT2D eigenvalue weighted by atomic mass is 10.1. The quantitative estimate of drug-likeness (QED) is 0.587. The fraction of sp³-hybridized carbons (Fsp3) is 0.400. The van der Waals surface area contributed by atoms with Crippen LogP contribution in [0.5, 0.6) is 0 Å². The number of amides is 1. The van der Waals surface area contributed by atoms with E-state index in [0.29, 0.717) is 5.56 Å². The normalized spacial score (nSPS) is 14.2. The topological polar surface area (TPSA) is 119 Å². The van der Waals surface area contributed by atoms with Crippen LogP contribution >= 0.6 is 0 Å². The molecule has 4 heterocycles. The molecule has 1 fully saturated rings. The van der Waals surface area contributed by atoms with E-state index in [-0.39, 0.29) is 24.8 Å². The van der Waals surface area contributed by atoms with Crippen LogP contribution in [0.2, 0.25) is 0 Å². The number of nitrogens with one attached hydrogen (secondary N) is 1. The van der Waals surface area contributed by atoms with Gasteiger partial charge in [-0.05, 0) is 25.3 Å². The summed E-state index contributed by atoms with van der Waals surface area (Å²) in [5.41, 5.74) is 1.26. The summed E-state index contributed by atoms with van der Waals surface area (Å²) in [5.74, 6) is -1.09. The fourth-order valence-electron chi connectivity index (χ4n) is 3.18. The third-order valence-electron chi connectivity index (χ3n) is 4.87. The summed E-state index contributed by atoms with van der Waals surface area (Å²) in [4.78, 5) is 29.6. The van der Waals surface area contributed by atoms with Gasteiger partial charge in [0.25, 0.3) is 0 Å². The molecule has 0 bridgehead atoms. The van der Waals surface area contributed by atoms with Crippen molar-refractivity contribution in [1.29, 1.82) is 0 Å². The largest absolute Gasteiger partial charge is 0.471 e. The number of rotatable bonds is 6. The molecule has 3 aromatic heterocycles. The zero-order chi connectivity index (χ0) is 23.3. The number of ether oxygens (including phenoxy) is 1. The summed E-state index contributed by atoms with van der Waals surface area (Å²) >= 11 is 0. The molecule has 1 aliphatic heterocycles. The molecule has 0 spiro atoms. The highest BCUT2D eigenvalue weighted by Crippen LogP contribution is 2.28. The molecule has 0 radical (unpaired) electrons. The number of halogens is 3. The third-order valence-corrected chi connectivity index (χ3v) is 4.87. The van der Waals surface area contributed by atoms with E-state index in [4.69, 9.17) is 4.74 Å². The van der Waals surface area contributed by atoms with Crippen molar-refractivity contribution in [3.63, 3.8) is 0 Å². The van der Waals surface area contributed by atoms with Gasteiger partial charge in [0.2, 0.25) is 11.6 Å².